The molecule has 1 aromatic heterocycles. The van der Waals surface area contributed by atoms with Gasteiger partial charge in [0.15, 0.2) is 5.01 Å². The molecule has 0 bridgehead atoms. The van der Waals surface area contributed by atoms with Crippen molar-refractivity contribution in [2.45, 2.75) is 45.1 Å². The second-order valence-corrected chi connectivity index (χ2v) is 13.7. The van der Waals surface area contributed by atoms with Gasteiger partial charge in [-0.1, -0.05) is 81.4 Å². The van der Waals surface area contributed by atoms with E-state index in [1.165, 1.54) is 16.9 Å². The van der Waals surface area contributed by atoms with Crippen LogP contribution >= 0.6 is 11.3 Å². The number of likely N-dealkylation sites (tertiary alicyclic amines) is 1. The van der Waals surface area contributed by atoms with E-state index < -0.39 is 11.9 Å². The number of methoxy groups -OCH3 is 1. The van der Waals surface area contributed by atoms with Gasteiger partial charge in [-0.2, -0.15) is 0 Å². The fraction of sp³-hybridized carbons (Fsp3) is 0.263. The van der Waals surface area contributed by atoms with E-state index in [4.69, 9.17) is 4.74 Å². The summed E-state index contributed by atoms with van der Waals surface area (Å²) in [5.41, 5.74) is 5.19. The lowest BCUT2D eigenvalue weighted by Gasteiger charge is -2.24. The van der Waals surface area contributed by atoms with Crippen LogP contribution < -0.4 is 15.4 Å². The lowest BCUT2D eigenvalue weighted by molar-refractivity contribution is -0.132. The predicted molar refractivity (Wildman–Crippen MR) is 187 cm³/mol. The number of hydrogen-bond donors (Lipinski definition) is 2. The Labute approximate surface area is 278 Å². The maximum atomic E-state index is 13.7. The Kier molecular flexibility index (Phi) is 9.09. The van der Waals surface area contributed by atoms with Gasteiger partial charge in [-0.05, 0) is 65.3 Å². The Bertz CT molecular complexity index is 1920. The first kappa shape index (κ1) is 31.9. The zero-order valence-corrected chi connectivity index (χ0v) is 27.8. The highest BCUT2D eigenvalue weighted by Gasteiger charge is 2.30. The van der Waals surface area contributed by atoms with E-state index in [2.05, 4.69) is 48.5 Å². The minimum Gasteiger partial charge on any atom is -0.496 e. The molecule has 0 radical (unpaired) electrons. The summed E-state index contributed by atoms with van der Waals surface area (Å²) in [6.45, 7) is 7.87. The summed E-state index contributed by atoms with van der Waals surface area (Å²) in [5.74, 6) is -0.217. The van der Waals surface area contributed by atoms with Crippen LogP contribution in [0.2, 0.25) is 0 Å². The number of fused-ring (bicyclic) bond motifs is 1. The normalized spacial score (nSPS) is 13.7. The molecule has 0 unspecified atom stereocenters. The molecular weight excluding hydrogens is 609 g/mol. The van der Waals surface area contributed by atoms with E-state index in [1.807, 2.05) is 54.6 Å². The number of carbonyl (C=O) groups excluding carboxylic acids is 3. The predicted octanol–water partition coefficient (Wildman–Crippen LogP) is 7.62. The highest BCUT2D eigenvalue weighted by Crippen LogP contribution is 2.36. The SMILES string of the molecule is COc1cccc(C(=O)Nc2ccc3nc(C(=O)N[C@H](C(=O)N4CCCC4)c4ccccc4)sc3c2)c1-c1ccc(C(C)(C)C)cc1. The molecule has 3 amide bonds. The van der Waals surface area contributed by atoms with Crippen LogP contribution in [0.1, 0.15) is 70.9 Å². The molecule has 1 saturated heterocycles. The number of hydrogen-bond acceptors (Lipinski definition) is 6. The minimum absolute atomic E-state index is 0.00394. The Morgan fingerprint density at radius 1 is 0.872 bits per heavy atom. The molecule has 2 heterocycles. The van der Waals surface area contributed by atoms with Gasteiger partial charge in [0.2, 0.25) is 5.91 Å². The monoisotopic (exact) mass is 646 g/mol. The van der Waals surface area contributed by atoms with Crippen molar-refractivity contribution in [3.8, 4) is 16.9 Å². The first-order chi connectivity index (χ1) is 22.6. The Morgan fingerprint density at radius 3 is 2.28 bits per heavy atom. The minimum atomic E-state index is -0.801. The van der Waals surface area contributed by atoms with Crippen LogP contribution in [0.4, 0.5) is 5.69 Å². The number of nitrogens with one attached hydrogen (secondary N) is 2. The van der Waals surface area contributed by atoms with E-state index in [9.17, 15) is 14.4 Å². The number of benzene rings is 4. The van der Waals surface area contributed by atoms with E-state index in [-0.39, 0.29) is 22.2 Å². The lowest BCUT2D eigenvalue weighted by Crippen LogP contribution is -2.41. The number of nitrogens with zero attached hydrogens (tertiary/aromatic N) is 2. The van der Waals surface area contributed by atoms with Crippen LogP contribution in [0.15, 0.2) is 91.0 Å². The van der Waals surface area contributed by atoms with E-state index in [0.29, 0.717) is 41.2 Å². The van der Waals surface area contributed by atoms with Crippen molar-refractivity contribution in [1.82, 2.24) is 15.2 Å². The van der Waals surface area contributed by atoms with Gasteiger partial charge in [-0.15, -0.1) is 11.3 Å². The van der Waals surface area contributed by atoms with Crippen molar-refractivity contribution < 1.29 is 19.1 Å². The first-order valence-corrected chi connectivity index (χ1v) is 16.6. The van der Waals surface area contributed by atoms with Crippen molar-refractivity contribution >= 4 is 45.0 Å². The summed E-state index contributed by atoms with van der Waals surface area (Å²) in [5, 5.41) is 6.20. The Balaban J connectivity index is 1.23. The summed E-state index contributed by atoms with van der Waals surface area (Å²) in [6, 6.07) is 27.5. The molecular formula is C38H38N4O4S. The second kappa shape index (κ2) is 13.4. The third-order valence-corrected chi connectivity index (χ3v) is 9.46. The molecule has 1 aliphatic rings. The van der Waals surface area contributed by atoms with Crippen LogP contribution in [0.25, 0.3) is 21.3 Å². The van der Waals surface area contributed by atoms with Gasteiger partial charge >= 0.3 is 0 Å². The van der Waals surface area contributed by atoms with Gasteiger partial charge in [-0.3, -0.25) is 14.4 Å². The molecule has 240 valence electrons. The lowest BCUT2D eigenvalue weighted by atomic mass is 9.86. The van der Waals surface area contributed by atoms with Crippen LogP contribution in [0.3, 0.4) is 0 Å². The molecule has 1 atom stereocenters. The summed E-state index contributed by atoms with van der Waals surface area (Å²) in [4.78, 5) is 46.9. The van der Waals surface area contributed by atoms with Crippen LogP contribution in [-0.2, 0) is 10.2 Å². The highest BCUT2D eigenvalue weighted by atomic mass is 32.1. The molecule has 47 heavy (non-hydrogen) atoms. The van der Waals surface area contributed by atoms with Crippen LogP contribution in [0, 0.1) is 0 Å². The van der Waals surface area contributed by atoms with Crippen molar-refractivity contribution in [3.63, 3.8) is 0 Å². The van der Waals surface area contributed by atoms with Gasteiger partial charge in [-0.25, -0.2) is 4.98 Å². The van der Waals surface area contributed by atoms with Crippen molar-refractivity contribution in [1.29, 1.82) is 0 Å². The van der Waals surface area contributed by atoms with Gasteiger partial charge < -0.3 is 20.3 Å². The number of thiazole rings is 1. The maximum absolute atomic E-state index is 13.7. The summed E-state index contributed by atoms with van der Waals surface area (Å²) < 4.78 is 6.41. The van der Waals surface area contributed by atoms with Gasteiger partial charge in [0.25, 0.3) is 11.8 Å². The molecule has 2 N–H and O–H groups in total. The highest BCUT2D eigenvalue weighted by molar-refractivity contribution is 7.20. The van der Waals surface area contributed by atoms with Gasteiger partial charge in [0.05, 0.1) is 22.9 Å². The largest absolute Gasteiger partial charge is 0.496 e. The van der Waals surface area contributed by atoms with Crippen LogP contribution in [0.5, 0.6) is 5.75 Å². The van der Waals surface area contributed by atoms with E-state index in [0.717, 1.165) is 28.7 Å². The molecule has 9 heteroatoms. The molecule has 0 aliphatic carbocycles. The average molecular weight is 647 g/mol. The van der Waals surface area contributed by atoms with Crippen molar-refractivity contribution in [2.24, 2.45) is 0 Å². The van der Waals surface area contributed by atoms with E-state index in [1.54, 1.807) is 36.3 Å². The van der Waals surface area contributed by atoms with Crippen molar-refractivity contribution in [2.75, 3.05) is 25.5 Å². The fourth-order valence-corrected chi connectivity index (χ4v) is 6.78. The maximum Gasteiger partial charge on any atom is 0.281 e. The molecule has 1 fully saturated rings. The number of rotatable bonds is 8. The average Bonchev–Trinajstić information content (AvgIpc) is 3.77. The molecule has 0 spiro atoms. The molecule has 5 aromatic rings. The zero-order valence-electron chi connectivity index (χ0n) is 27.0. The third-order valence-electron chi connectivity index (χ3n) is 8.44. The molecule has 8 nitrogen and oxygen atoms in total. The quantitative estimate of drug-likeness (QED) is 0.181. The topological polar surface area (TPSA) is 101 Å². The Morgan fingerprint density at radius 2 is 1.60 bits per heavy atom. The number of anilines is 1. The second-order valence-electron chi connectivity index (χ2n) is 12.7. The number of amides is 3. The Hall–Kier alpha value is -5.02. The van der Waals surface area contributed by atoms with E-state index >= 15 is 0 Å². The summed E-state index contributed by atoms with van der Waals surface area (Å²) >= 11 is 1.21. The molecule has 4 aromatic carbocycles. The van der Waals surface area contributed by atoms with Gasteiger partial charge in [0, 0.05) is 24.3 Å². The molecule has 1 aliphatic heterocycles. The van der Waals surface area contributed by atoms with Crippen molar-refractivity contribution in [3.05, 3.63) is 113 Å². The zero-order chi connectivity index (χ0) is 33.1. The summed E-state index contributed by atoms with van der Waals surface area (Å²) in [7, 11) is 1.60. The molecule has 0 saturated carbocycles. The number of aromatic nitrogens is 1. The third kappa shape index (κ3) is 6.90. The van der Waals surface area contributed by atoms with Crippen LogP contribution in [-0.4, -0.2) is 47.8 Å². The molecule has 6 rings (SSSR count). The standard InChI is InChI=1S/C38H38N4O4S/c1-38(2,3)26-17-15-24(16-18-26)32-28(13-10-14-30(32)46-4)34(43)39-27-19-20-29-31(23-27)47-36(40-29)35(44)41-33(25-11-6-5-7-12-25)37(45)42-21-8-9-22-42/h5-7,10-20,23,33H,8-9,21-22H2,1-4H3,(H,39,43)(H,41,44)/t33-/m0/s1. The smallest absolute Gasteiger partial charge is 0.281 e. The first-order valence-electron chi connectivity index (χ1n) is 15.8. The number of carbonyl (C=O) groups is 3. The van der Waals surface area contributed by atoms with Gasteiger partial charge in [0.1, 0.15) is 11.8 Å². The fourth-order valence-electron chi connectivity index (χ4n) is 5.87. The summed E-state index contributed by atoms with van der Waals surface area (Å²) in [6.07, 6.45) is 1.92. The number of ether oxygens (including phenoxy) is 1.